The van der Waals surface area contributed by atoms with Crippen molar-refractivity contribution in [1.29, 1.82) is 0 Å². The van der Waals surface area contributed by atoms with Crippen molar-refractivity contribution in [3.05, 3.63) is 53.7 Å². The molecule has 0 radical (unpaired) electrons. The number of hydrogen-bond donors (Lipinski definition) is 2. The van der Waals surface area contributed by atoms with Gasteiger partial charge in [-0.1, -0.05) is 30.4 Å². The van der Waals surface area contributed by atoms with Crippen LogP contribution in [0.4, 0.5) is 5.82 Å². The predicted octanol–water partition coefficient (Wildman–Crippen LogP) is 2.04. The molecule has 21 heavy (non-hydrogen) atoms. The van der Waals surface area contributed by atoms with Crippen molar-refractivity contribution in [2.24, 2.45) is 5.73 Å². The van der Waals surface area contributed by atoms with Gasteiger partial charge in [-0.25, -0.2) is 4.98 Å². The number of nitrogens with zero attached hydrogens (tertiary/aromatic N) is 1. The monoisotopic (exact) mass is 301 g/mol. The molecule has 0 saturated heterocycles. The predicted molar refractivity (Wildman–Crippen MR) is 85.4 cm³/mol. The Bertz CT molecular complexity index is 673. The lowest BCUT2D eigenvalue weighted by atomic mass is 10.2. The van der Waals surface area contributed by atoms with Crippen LogP contribution in [-0.2, 0) is 4.79 Å². The quantitative estimate of drug-likeness (QED) is 0.826. The van der Waals surface area contributed by atoms with E-state index < -0.39 is 0 Å². The van der Waals surface area contributed by atoms with Crippen molar-refractivity contribution in [2.45, 2.75) is 6.92 Å². The average Bonchev–Trinajstić information content (AvgIpc) is 2.45. The summed E-state index contributed by atoms with van der Waals surface area (Å²) in [7, 11) is 0. The number of aromatic nitrogens is 1. The second-order valence-electron chi connectivity index (χ2n) is 4.36. The van der Waals surface area contributed by atoms with Crippen LogP contribution in [0.3, 0.4) is 0 Å². The number of nitrogens with two attached hydrogens (primary N) is 1. The summed E-state index contributed by atoms with van der Waals surface area (Å²) in [6, 6.07) is 12.4. The smallest absolute Gasteiger partial charge is 0.263 e. The molecule has 3 N–H and O–H groups in total. The Morgan fingerprint density at radius 1 is 1.29 bits per heavy atom. The Labute approximate surface area is 128 Å². The van der Waals surface area contributed by atoms with Crippen LogP contribution in [-0.4, -0.2) is 22.5 Å². The first-order valence-electron chi connectivity index (χ1n) is 6.31. The van der Waals surface area contributed by atoms with Gasteiger partial charge in [0.05, 0.1) is 5.56 Å². The van der Waals surface area contributed by atoms with E-state index in [0.717, 1.165) is 5.69 Å². The minimum absolute atomic E-state index is 0.144. The fraction of sp³-hybridized carbons (Fsp3) is 0.133. The number of carbonyl (C=O) groups excluding carboxylic acids is 1. The summed E-state index contributed by atoms with van der Waals surface area (Å²) in [5.41, 5.74) is 7.03. The lowest BCUT2D eigenvalue weighted by Crippen LogP contribution is -2.22. The summed E-state index contributed by atoms with van der Waals surface area (Å²) < 4.78 is 5.46. The number of rotatable bonds is 5. The van der Waals surface area contributed by atoms with E-state index in [9.17, 15) is 4.79 Å². The molecule has 2 aromatic rings. The van der Waals surface area contributed by atoms with E-state index >= 15 is 0 Å². The molecular weight excluding hydrogens is 286 g/mol. The second kappa shape index (κ2) is 6.81. The molecule has 0 atom stereocenters. The van der Waals surface area contributed by atoms with Crippen LogP contribution in [0.25, 0.3) is 0 Å². The Balaban J connectivity index is 1.97. The zero-order valence-corrected chi connectivity index (χ0v) is 12.3. The number of anilines is 1. The minimum Gasteiger partial charge on any atom is -0.483 e. The van der Waals surface area contributed by atoms with Crippen LogP contribution < -0.4 is 15.8 Å². The van der Waals surface area contributed by atoms with Crippen LogP contribution in [0.1, 0.15) is 11.3 Å². The first kappa shape index (κ1) is 14.9. The van der Waals surface area contributed by atoms with Crippen molar-refractivity contribution in [3.8, 4) is 5.75 Å². The summed E-state index contributed by atoms with van der Waals surface area (Å²) in [5, 5.41) is 2.66. The van der Waals surface area contributed by atoms with Crippen molar-refractivity contribution >= 4 is 28.9 Å². The van der Waals surface area contributed by atoms with Gasteiger partial charge in [-0.15, -0.1) is 0 Å². The molecule has 0 aliphatic rings. The molecular formula is C15H15N3O2S. The first-order chi connectivity index (χ1) is 10.1. The lowest BCUT2D eigenvalue weighted by molar-refractivity contribution is -0.118. The molecule has 1 amide bonds. The number of para-hydroxylation sites is 1. The number of thiocarbonyl (C=S) groups is 1. The first-order valence-corrected chi connectivity index (χ1v) is 6.72. The maximum atomic E-state index is 11.8. The molecule has 2 rings (SSSR count). The van der Waals surface area contributed by atoms with Crippen molar-refractivity contribution in [2.75, 3.05) is 11.9 Å². The zero-order valence-electron chi connectivity index (χ0n) is 11.5. The SMILES string of the molecule is Cc1cccc(NC(=O)COc2ccccc2C(N)=S)n1. The van der Waals surface area contributed by atoms with Crippen LogP contribution >= 0.6 is 12.2 Å². The van der Waals surface area contributed by atoms with Gasteiger partial charge in [0, 0.05) is 5.69 Å². The summed E-state index contributed by atoms with van der Waals surface area (Å²) in [6.07, 6.45) is 0. The highest BCUT2D eigenvalue weighted by Crippen LogP contribution is 2.17. The van der Waals surface area contributed by atoms with Gasteiger partial charge in [-0.05, 0) is 31.2 Å². The molecule has 0 saturated carbocycles. The summed E-state index contributed by atoms with van der Waals surface area (Å²) >= 11 is 4.94. The highest BCUT2D eigenvalue weighted by molar-refractivity contribution is 7.80. The Kier molecular flexibility index (Phi) is 4.84. The molecule has 0 spiro atoms. The summed E-state index contributed by atoms with van der Waals surface area (Å²) in [4.78, 5) is 16.3. The van der Waals surface area contributed by atoms with E-state index in [0.29, 0.717) is 17.1 Å². The fourth-order valence-electron chi connectivity index (χ4n) is 1.73. The topological polar surface area (TPSA) is 77.2 Å². The fourth-order valence-corrected chi connectivity index (χ4v) is 1.90. The van der Waals surface area contributed by atoms with E-state index in [2.05, 4.69) is 10.3 Å². The highest BCUT2D eigenvalue weighted by Gasteiger charge is 2.09. The Morgan fingerprint density at radius 2 is 2.05 bits per heavy atom. The largest absolute Gasteiger partial charge is 0.483 e. The average molecular weight is 301 g/mol. The Hall–Kier alpha value is -2.47. The van der Waals surface area contributed by atoms with E-state index in [-0.39, 0.29) is 17.5 Å². The van der Waals surface area contributed by atoms with Gasteiger partial charge in [-0.3, -0.25) is 4.79 Å². The maximum Gasteiger partial charge on any atom is 0.263 e. The van der Waals surface area contributed by atoms with Crippen molar-refractivity contribution in [3.63, 3.8) is 0 Å². The number of pyridine rings is 1. The van der Waals surface area contributed by atoms with Gasteiger partial charge in [0.25, 0.3) is 5.91 Å². The number of ether oxygens (including phenoxy) is 1. The number of aryl methyl sites for hydroxylation is 1. The second-order valence-corrected chi connectivity index (χ2v) is 4.80. The summed E-state index contributed by atoms with van der Waals surface area (Å²) in [5.74, 6) is 0.675. The van der Waals surface area contributed by atoms with E-state index in [4.69, 9.17) is 22.7 Å². The van der Waals surface area contributed by atoms with E-state index in [1.807, 2.05) is 19.1 Å². The molecule has 0 bridgehead atoms. The Morgan fingerprint density at radius 3 is 2.76 bits per heavy atom. The standard InChI is InChI=1S/C15H15N3O2S/c1-10-5-4-8-13(17-10)18-14(19)9-20-12-7-3-2-6-11(12)15(16)21/h2-8H,9H2,1H3,(H2,16,21)(H,17,18,19). The lowest BCUT2D eigenvalue weighted by Gasteiger charge is -2.10. The molecule has 0 fully saturated rings. The third kappa shape index (κ3) is 4.25. The van der Waals surface area contributed by atoms with Crippen molar-refractivity contribution < 1.29 is 9.53 Å². The third-order valence-electron chi connectivity index (χ3n) is 2.67. The molecule has 0 unspecified atom stereocenters. The molecule has 6 heteroatoms. The highest BCUT2D eigenvalue weighted by atomic mass is 32.1. The zero-order chi connectivity index (χ0) is 15.2. The molecule has 108 valence electrons. The van der Waals surface area contributed by atoms with Gasteiger partial charge in [0.2, 0.25) is 0 Å². The number of nitrogens with one attached hydrogen (secondary N) is 1. The van der Waals surface area contributed by atoms with E-state index in [1.54, 1.807) is 30.3 Å². The number of carbonyl (C=O) groups is 1. The maximum absolute atomic E-state index is 11.8. The number of amides is 1. The number of benzene rings is 1. The molecule has 0 aliphatic heterocycles. The van der Waals surface area contributed by atoms with Crippen LogP contribution in [0.2, 0.25) is 0 Å². The van der Waals surface area contributed by atoms with Crippen LogP contribution in [0.15, 0.2) is 42.5 Å². The molecule has 1 heterocycles. The molecule has 0 aliphatic carbocycles. The van der Waals surface area contributed by atoms with Crippen molar-refractivity contribution in [1.82, 2.24) is 4.98 Å². The van der Waals surface area contributed by atoms with Gasteiger partial charge in [-0.2, -0.15) is 0 Å². The minimum atomic E-state index is -0.300. The normalized spacial score (nSPS) is 9.95. The summed E-state index contributed by atoms with van der Waals surface area (Å²) in [6.45, 7) is 1.71. The van der Waals surface area contributed by atoms with Gasteiger partial charge in [0.1, 0.15) is 16.6 Å². The van der Waals surface area contributed by atoms with E-state index in [1.165, 1.54) is 0 Å². The van der Waals surface area contributed by atoms with Gasteiger partial charge < -0.3 is 15.8 Å². The molecule has 5 nitrogen and oxygen atoms in total. The third-order valence-corrected chi connectivity index (χ3v) is 2.89. The van der Waals surface area contributed by atoms with Gasteiger partial charge >= 0.3 is 0 Å². The van der Waals surface area contributed by atoms with Crippen LogP contribution in [0, 0.1) is 6.92 Å². The molecule has 1 aromatic carbocycles. The molecule has 1 aromatic heterocycles. The van der Waals surface area contributed by atoms with Crippen LogP contribution in [0.5, 0.6) is 5.75 Å². The van der Waals surface area contributed by atoms with Gasteiger partial charge in [0.15, 0.2) is 6.61 Å². The number of hydrogen-bond acceptors (Lipinski definition) is 4.